The first-order valence-corrected chi connectivity index (χ1v) is 11.2. The maximum atomic E-state index is 13.2. The number of fused-ring (bicyclic) bond motifs is 1. The van der Waals surface area contributed by atoms with Crippen molar-refractivity contribution in [3.8, 4) is 17.2 Å². The highest BCUT2D eigenvalue weighted by molar-refractivity contribution is 7.10. The normalized spacial score (nSPS) is 15.4. The van der Waals surface area contributed by atoms with Crippen molar-refractivity contribution in [3.63, 3.8) is 0 Å². The molecule has 0 saturated carbocycles. The molecule has 1 amide bonds. The first-order chi connectivity index (χ1) is 15.0. The zero-order chi connectivity index (χ0) is 22.0. The van der Waals surface area contributed by atoms with E-state index in [1.165, 1.54) is 0 Å². The molecular formula is C24H24ClNO4S. The van der Waals surface area contributed by atoms with Gasteiger partial charge in [-0.25, -0.2) is 0 Å². The van der Waals surface area contributed by atoms with Crippen molar-refractivity contribution < 1.29 is 19.0 Å². The fraction of sp³-hybridized carbons (Fsp3) is 0.292. The van der Waals surface area contributed by atoms with E-state index in [9.17, 15) is 4.79 Å². The van der Waals surface area contributed by atoms with Crippen molar-refractivity contribution in [2.24, 2.45) is 0 Å². The molecule has 1 atom stereocenters. The molecule has 1 aliphatic heterocycles. The van der Waals surface area contributed by atoms with Gasteiger partial charge < -0.3 is 19.1 Å². The summed E-state index contributed by atoms with van der Waals surface area (Å²) in [7, 11) is 3.26. The number of halogens is 1. The Morgan fingerprint density at radius 1 is 1.16 bits per heavy atom. The van der Waals surface area contributed by atoms with Crippen LogP contribution in [0, 0.1) is 6.92 Å². The molecule has 1 unspecified atom stereocenters. The number of thiophene rings is 1. The Morgan fingerprint density at radius 2 is 1.94 bits per heavy atom. The molecule has 7 heteroatoms. The average molecular weight is 458 g/mol. The van der Waals surface area contributed by atoms with Crippen LogP contribution in [0.1, 0.15) is 27.6 Å². The van der Waals surface area contributed by atoms with Crippen molar-refractivity contribution in [2.75, 3.05) is 27.4 Å². The van der Waals surface area contributed by atoms with Crippen molar-refractivity contribution in [2.45, 2.75) is 19.4 Å². The second-order valence-electron chi connectivity index (χ2n) is 7.36. The average Bonchev–Trinajstić information content (AvgIpc) is 3.32. The molecule has 31 heavy (non-hydrogen) atoms. The van der Waals surface area contributed by atoms with E-state index in [2.05, 4.69) is 6.07 Å². The highest BCUT2D eigenvalue weighted by Crippen LogP contribution is 2.42. The second kappa shape index (κ2) is 9.20. The minimum atomic E-state index is -0.188. The van der Waals surface area contributed by atoms with Crippen molar-refractivity contribution in [1.29, 1.82) is 0 Å². The fourth-order valence-electron chi connectivity index (χ4n) is 3.90. The van der Waals surface area contributed by atoms with Gasteiger partial charge in [0.25, 0.3) is 5.91 Å². The lowest BCUT2D eigenvalue weighted by Gasteiger charge is -2.37. The monoisotopic (exact) mass is 457 g/mol. The van der Waals surface area contributed by atoms with E-state index in [0.717, 1.165) is 28.0 Å². The number of amides is 1. The van der Waals surface area contributed by atoms with Gasteiger partial charge in [-0.1, -0.05) is 17.7 Å². The molecule has 0 bridgehead atoms. The van der Waals surface area contributed by atoms with E-state index in [1.807, 2.05) is 41.5 Å². The maximum absolute atomic E-state index is 13.2. The maximum Gasteiger partial charge on any atom is 0.261 e. The van der Waals surface area contributed by atoms with Crippen LogP contribution in [0.25, 0.3) is 0 Å². The molecule has 2 aromatic carbocycles. The first-order valence-electron chi connectivity index (χ1n) is 9.98. The van der Waals surface area contributed by atoms with E-state index in [0.29, 0.717) is 28.8 Å². The van der Waals surface area contributed by atoms with Gasteiger partial charge in [-0.15, -0.1) is 11.3 Å². The number of carbonyl (C=O) groups is 1. The van der Waals surface area contributed by atoms with E-state index < -0.39 is 0 Å². The number of hydrogen-bond donors (Lipinski definition) is 0. The van der Waals surface area contributed by atoms with Crippen LogP contribution >= 0.6 is 22.9 Å². The van der Waals surface area contributed by atoms with Gasteiger partial charge in [-0.05, 0) is 71.8 Å². The fourth-order valence-corrected chi connectivity index (χ4v) is 4.88. The highest BCUT2D eigenvalue weighted by Gasteiger charge is 2.34. The summed E-state index contributed by atoms with van der Waals surface area (Å²) in [5.74, 6) is 1.93. The third kappa shape index (κ3) is 4.36. The Hall–Kier alpha value is -2.70. The molecule has 0 radical (unpaired) electrons. The molecule has 0 saturated heterocycles. The third-order valence-electron chi connectivity index (χ3n) is 5.50. The summed E-state index contributed by atoms with van der Waals surface area (Å²) in [4.78, 5) is 16.2. The standard InChI is InChI=1S/C24H24ClNO4S/c1-15-11-17(6-7-19(15)25)30-14-23(27)26-9-8-16-12-20(28-2)21(29-3)13-18(16)24(26)22-5-4-10-31-22/h4-7,10-13,24H,8-9,14H2,1-3H3. The molecule has 0 fully saturated rings. The summed E-state index contributed by atoms with van der Waals surface area (Å²) >= 11 is 7.72. The molecule has 4 rings (SSSR count). The third-order valence-corrected chi connectivity index (χ3v) is 6.85. The highest BCUT2D eigenvalue weighted by atomic mass is 35.5. The van der Waals surface area contributed by atoms with Crippen LogP contribution in [0.15, 0.2) is 47.8 Å². The van der Waals surface area contributed by atoms with Gasteiger partial charge in [0.1, 0.15) is 5.75 Å². The van der Waals surface area contributed by atoms with Crippen LogP contribution in [0.2, 0.25) is 5.02 Å². The second-order valence-corrected chi connectivity index (χ2v) is 8.75. The minimum Gasteiger partial charge on any atom is -0.493 e. The zero-order valence-electron chi connectivity index (χ0n) is 17.7. The van der Waals surface area contributed by atoms with Gasteiger partial charge in [-0.3, -0.25) is 4.79 Å². The molecule has 5 nitrogen and oxygen atoms in total. The molecule has 162 valence electrons. The molecule has 1 aliphatic rings. The van der Waals surface area contributed by atoms with Gasteiger partial charge in [0.2, 0.25) is 0 Å². The van der Waals surface area contributed by atoms with Crippen LogP contribution in [-0.2, 0) is 11.2 Å². The van der Waals surface area contributed by atoms with Crippen molar-refractivity contribution in [3.05, 3.63) is 74.4 Å². The number of ether oxygens (including phenoxy) is 3. The van der Waals surface area contributed by atoms with Crippen LogP contribution in [0.5, 0.6) is 17.2 Å². The lowest BCUT2D eigenvalue weighted by Crippen LogP contribution is -2.42. The molecule has 0 aliphatic carbocycles. The van der Waals surface area contributed by atoms with E-state index in [1.54, 1.807) is 37.7 Å². The summed E-state index contributed by atoms with van der Waals surface area (Å²) in [6, 6.07) is 13.3. The number of carbonyl (C=O) groups excluding carboxylic acids is 1. The number of nitrogens with zero attached hydrogens (tertiary/aromatic N) is 1. The number of methoxy groups -OCH3 is 2. The van der Waals surface area contributed by atoms with Gasteiger partial charge in [0.05, 0.1) is 20.3 Å². The smallest absolute Gasteiger partial charge is 0.261 e. The number of benzene rings is 2. The van der Waals surface area contributed by atoms with E-state index in [4.69, 9.17) is 25.8 Å². The number of rotatable bonds is 6. The lowest BCUT2D eigenvalue weighted by atomic mass is 9.90. The van der Waals surface area contributed by atoms with Gasteiger partial charge >= 0.3 is 0 Å². The molecule has 0 N–H and O–H groups in total. The summed E-state index contributed by atoms with van der Waals surface area (Å²) in [5.41, 5.74) is 3.13. The summed E-state index contributed by atoms with van der Waals surface area (Å²) in [6.07, 6.45) is 0.739. The van der Waals surface area contributed by atoms with Crippen molar-refractivity contribution in [1.82, 2.24) is 4.90 Å². The summed E-state index contributed by atoms with van der Waals surface area (Å²) < 4.78 is 16.8. The van der Waals surface area contributed by atoms with Crippen LogP contribution in [-0.4, -0.2) is 38.2 Å². The Bertz CT molecular complexity index is 1080. The van der Waals surface area contributed by atoms with E-state index >= 15 is 0 Å². The lowest BCUT2D eigenvalue weighted by molar-refractivity contribution is -0.135. The van der Waals surface area contributed by atoms with Gasteiger partial charge in [0, 0.05) is 16.4 Å². The van der Waals surface area contributed by atoms with Crippen LogP contribution in [0.4, 0.5) is 0 Å². The molecule has 0 spiro atoms. The Labute approximate surface area is 191 Å². The SMILES string of the molecule is COc1cc2c(cc1OC)C(c1cccs1)N(C(=O)COc1ccc(Cl)c(C)c1)CC2. The zero-order valence-corrected chi connectivity index (χ0v) is 19.3. The van der Waals surface area contributed by atoms with Crippen molar-refractivity contribution >= 4 is 28.8 Å². The van der Waals surface area contributed by atoms with Gasteiger partial charge in [-0.2, -0.15) is 0 Å². The Kier molecular flexibility index (Phi) is 6.39. The minimum absolute atomic E-state index is 0.0361. The summed E-state index contributed by atoms with van der Waals surface area (Å²) in [6.45, 7) is 2.48. The molecule has 1 aromatic heterocycles. The molecule has 3 aromatic rings. The van der Waals surface area contributed by atoms with Gasteiger partial charge in [0.15, 0.2) is 18.1 Å². The van der Waals surface area contributed by atoms with Crippen LogP contribution < -0.4 is 14.2 Å². The quantitative estimate of drug-likeness (QED) is 0.505. The van der Waals surface area contributed by atoms with Crippen LogP contribution in [0.3, 0.4) is 0 Å². The predicted octanol–water partition coefficient (Wildman–Crippen LogP) is 5.28. The predicted molar refractivity (Wildman–Crippen MR) is 123 cm³/mol. The first kappa shape index (κ1) is 21.5. The Morgan fingerprint density at radius 3 is 2.61 bits per heavy atom. The number of aryl methyl sites for hydroxylation is 1. The molecule has 2 heterocycles. The van der Waals surface area contributed by atoms with E-state index in [-0.39, 0.29) is 18.6 Å². The number of hydrogen-bond acceptors (Lipinski definition) is 5. The summed E-state index contributed by atoms with van der Waals surface area (Å²) in [5, 5.41) is 2.70. The topological polar surface area (TPSA) is 48.0 Å². The molecular weight excluding hydrogens is 434 g/mol. The Balaban J connectivity index is 1.63. The largest absolute Gasteiger partial charge is 0.493 e.